The number of rotatable bonds is 3. The average Bonchev–Trinajstić information content (AvgIpc) is 2.55. The lowest BCUT2D eigenvalue weighted by Crippen LogP contribution is -2.04. The Hall–Kier alpha value is -1.77. The van der Waals surface area contributed by atoms with Gasteiger partial charge in [-0.25, -0.2) is 0 Å². The summed E-state index contributed by atoms with van der Waals surface area (Å²) in [7, 11) is 1.92. The number of hydrogen-bond acceptors (Lipinski definition) is 1. The molecule has 0 saturated heterocycles. The molecule has 0 aliphatic heterocycles. The topological polar surface area (TPSA) is 42.2 Å². The summed E-state index contributed by atoms with van der Waals surface area (Å²) in [6.07, 6.45) is 1.07. The first-order chi connectivity index (χ1) is 7.61. The van der Waals surface area contributed by atoms with Gasteiger partial charge in [0.15, 0.2) is 0 Å². The minimum absolute atomic E-state index is 0.0760. The third kappa shape index (κ3) is 1.81. The van der Waals surface area contributed by atoms with Crippen molar-refractivity contribution >= 4 is 16.9 Å². The number of aromatic nitrogens is 1. The molecular weight excluding hydrogens is 202 g/mol. The number of fused-ring (bicyclic) bond motifs is 1. The predicted octanol–water partition coefficient (Wildman–Crippen LogP) is 2.37. The SMILES string of the molecule is CCc1ccc2cc(CC(=O)O)n(C)c2c1. The first kappa shape index (κ1) is 10.7. The third-order valence-corrected chi connectivity index (χ3v) is 2.95. The van der Waals surface area contributed by atoms with Crippen LogP contribution in [-0.2, 0) is 24.7 Å². The number of nitrogens with zero attached hydrogens (tertiary/aromatic N) is 1. The monoisotopic (exact) mass is 217 g/mol. The molecule has 16 heavy (non-hydrogen) atoms. The highest BCUT2D eigenvalue weighted by atomic mass is 16.4. The van der Waals surface area contributed by atoms with Crippen molar-refractivity contribution in [3.63, 3.8) is 0 Å². The molecule has 0 unspecified atom stereocenters. The molecule has 2 rings (SSSR count). The Bertz CT molecular complexity index is 540. The highest BCUT2D eigenvalue weighted by Crippen LogP contribution is 2.20. The van der Waals surface area contributed by atoms with E-state index in [0.717, 1.165) is 23.0 Å². The van der Waals surface area contributed by atoms with E-state index in [2.05, 4.69) is 25.1 Å². The quantitative estimate of drug-likeness (QED) is 0.857. The average molecular weight is 217 g/mol. The second kappa shape index (κ2) is 4.00. The minimum atomic E-state index is -0.790. The third-order valence-electron chi connectivity index (χ3n) is 2.95. The van der Waals surface area contributed by atoms with E-state index >= 15 is 0 Å². The van der Waals surface area contributed by atoms with Crippen LogP contribution in [0.5, 0.6) is 0 Å². The second-order valence-corrected chi connectivity index (χ2v) is 4.01. The molecule has 0 fully saturated rings. The van der Waals surface area contributed by atoms with Crippen molar-refractivity contribution in [1.29, 1.82) is 0 Å². The van der Waals surface area contributed by atoms with Crippen LogP contribution in [0.25, 0.3) is 10.9 Å². The number of carbonyl (C=O) groups is 1. The molecule has 1 N–H and O–H groups in total. The number of aliphatic carboxylic acids is 1. The van der Waals surface area contributed by atoms with Crippen LogP contribution in [0.1, 0.15) is 18.2 Å². The van der Waals surface area contributed by atoms with Crippen LogP contribution in [0.3, 0.4) is 0 Å². The Morgan fingerprint density at radius 2 is 2.12 bits per heavy atom. The highest BCUT2D eigenvalue weighted by Gasteiger charge is 2.09. The van der Waals surface area contributed by atoms with Gasteiger partial charge in [0, 0.05) is 18.3 Å². The zero-order valence-corrected chi connectivity index (χ0v) is 9.53. The molecule has 0 amide bonds. The molecule has 0 atom stereocenters. The van der Waals surface area contributed by atoms with Gasteiger partial charge in [-0.2, -0.15) is 0 Å². The van der Waals surface area contributed by atoms with E-state index in [1.807, 2.05) is 17.7 Å². The van der Waals surface area contributed by atoms with E-state index in [0.29, 0.717) is 0 Å². The summed E-state index contributed by atoms with van der Waals surface area (Å²) in [5.41, 5.74) is 3.22. The normalized spacial score (nSPS) is 10.9. The molecule has 1 aromatic carbocycles. The van der Waals surface area contributed by atoms with Crippen LogP contribution in [0.15, 0.2) is 24.3 Å². The maximum absolute atomic E-state index is 10.7. The molecule has 0 bridgehead atoms. The van der Waals surface area contributed by atoms with Crippen LogP contribution < -0.4 is 0 Å². The molecule has 3 heteroatoms. The summed E-state index contributed by atoms with van der Waals surface area (Å²) in [6.45, 7) is 2.11. The molecule has 1 heterocycles. The van der Waals surface area contributed by atoms with Crippen LogP contribution in [0.4, 0.5) is 0 Å². The largest absolute Gasteiger partial charge is 0.481 e. The summed E-state index contributed by atoms with van der Waals surface area (Å²) in [6, 6.07) is 8.22. The molecule has 0 spiro atoms. The molecule has 1 aromatic heterocycles. The second-order valence-electron chi connectivity index (χ2n) is 4.01. The molecule has 0 radical (unpaired) electrons. The fraction of sp³-hybridized carbons (Fsp3) is 0.308. The lowest BCUT2D eigenvalue weighted by molar-refractivity contribution is -0.136. The molecule has 0 aliphatic rings. The van der Waals surface area contributed by atoms with Crippen molar-refractivity contribution in [1.82, 2.24) is 4.57 Å². The van der Waals surface area contributed by atoms with Crippen LogP contribution >= 0.6 is 0 Å². The van der Waals surface area contributed by atoms with Crippen molar-refractivity contribution in [3.05, 3.63) is 35.5 Å². The van der Waals surface area contributed by atoms with Gasteiger partial charge in [-0.1, -0.05) is 19.1 Å². The van der Waals surface area contributed by atoms with Crippen molar-refractivity contribution in [2.45, 2.75) is 19.8 Å². The Balaban J connectivity index is 2.54. The lowest BCUT2D eigenvalue weighted by Gasteiger charge is -2.02. The molecule has 0 aliphatic carbocycles. The number of benzene rings is 1. The van der Waals surface area contributed by atoms with E-state index in [-0.39, 0.29) is 6.42 Å². The van der Waals surface area contributed by atoms with E-state index in [1.165, 1.54) is 5.56 Å². The van der Waals surface area contributed by atoms with Gasteiger partial charge in [-0.3, -0.25) is 4.79 Å². The van der Waals surface area contributed by atoms with Crippen LogP contribution in [-0.4, -0.2) is 15.6 Å². The van der Waals surface area contributed by atoms with E-state index in [9.17, 15) is 4.79 Å². The number of aryl methyl sites for hydroxylation is 2. The Labute approximate surface area is 94.3 Å². The maximum atomic E-state index is 10.7. The van der Waals surface area contributed by atoms with E-state index in [1.54, 1.807) is 0 Å². The first-order valence-corrected chi connectivity index (χ1v) is 5.41. The Morgan fingerprint density at radius 1 is 1.38 bits per heavy atom. The van der Waals surface area contributed by atoms with Crippen LogP contribution in [0, 0.1) is 0 Å². The molecule has 2 aromatic rings. The Morgan fingerprint density at radius 3 is 2.75 bits per heavy atom. The lowest BCUT2D eigenvalue weighted by atomic mass is 10.1. The standard InChI is InChI=1S/C13H15NO2/c1-3-9-4-5-10-7-11(8-13(15)16)14(2)12(10)6-9/h4-7H,3,8H2,1-2H3,(H,15,16). The number of carboxylic acids is 1. The maximum Gasteiger partial charge on any atom is 0.309 e. The highest BCUT2D eigenvalue weighted by molar-refractivity contribution is 5.83. The van der Waals surface area contributed by atoms with Gasteiger partial charge >= 0.3 is 5.97 Å². The molecule has 3 nitrogen and oxygen atoms in total. The van der Waals surface area contributed by atoms with Crippen molar-refractivity contribution < 1.29 is 9.90 Å². The first-order valence-electron chi connectivity index (χ1n) is 5.41. The number of hydrogen-bond donors (Lipinski definition) is 1. The predicted molar refractivity (Wildman–Crippen MR) is 63.6 cm³/mol. The van der Waals surface area contributed by atoms with Gasteiger partial charge in [0.2, 0.25) is 0 Å². The van der Waals surface area contributed by atoms with Gasteiger partial charge < -0.3 is 9.67 Å². The van der Waals surface area contributed by atoms with Crippen molar-refractivity contribution in [2.75, 3.05) is 0 Å². The van der Waals surface area contributed by atoms with E-state index in [4.69, 9.17) is 5.11 Å². The molecular formula is C13H15NO2. The van der Waals surface area contributed by atoms with Gasteiger partial charge in [0.1, 0.15) is 0 Å². The van der Waals surface area contributed by atoms with Gasteiger partial charge in [-0.05, 0) is 29.5 Å². The summed E-state index contributed by atoms with van der Waals surface area (Å²) in [4.78, 5) is 10.7. The zero-order chi connectivity index (χ0) is 11.7. The zero-order valence-electron chi connectivity index (χ0n) is 9.53. The fourth-order valence-electron chi connectivity index (χ4n) is 1.98. The van der Waals surface area contributed by atoms with Crippen molar-refractivity contribution in [2.24, 2.45) is 7.05 Å². The van der Waals surface area contributed by atoms with Gasteiger partial charge in [0.05, 0.1) is 6.42 Å². The summed E-state index contributed by atoms with van der Waals surface area (Å²) in [5, 5.41) is 9.91. The minimum Gasteiger partial charge on any atom is -0.481 e. The Kier molecular flexibility index (Phi) is 2.69. The van der Waals surface area contributed by atoms with E-state index < -0.39 is 5.97 Å². The molecule has 0 saturated carbocycles. The van der Waals surface area contributed by atoms with Gasteiger partial charge in [-0.15, -0.1) is 0 Å². The summed E-state index contributed by atoms with van der Waals surface area (Å²) in [5.74, 6) is -0.790. The summed E-state index contributed by atoms with van der Waals surface area (Å²) < 4.78 is 1.96. The fourth-order valence-corrected chi connectivity index (χ4v) is 1.98. The summed E-state index contributed by atoms with van der Waals surface area (Å²) >= 11 is 0. The number of carboxylic acid groups (broad SMARTS) is 1. The van der Waals surface area contributed by atoms with Crippen LogP contribution in [0.2, 0.25) is 0 Å². The molecule has 84 valence electrons. The smallest absolute Gasteiger partial charge is 0.309 e. The van der Waals surface area contributed by atoms with Gasteiger partial charge in [0.25, 0.3) is 0 Å². The van der Waals surface area contributed by atoms with Crippen molar-refractivity contribution in [3.8, 4) is 0 Å².